The van der Waals surface area contributed by atoms with Crippen molar-refractivity contribution in [1.29, 1.82) is 0 Å². The number of hydrogen-bond acceptors (Lipinski definition) is 5. The molecule has 8 nitrogen and oxygen atoms in total. The normalized spacial score (nSPS) is 11.3. The summed E-state index contributed by atoms with van der Waals surface area (Å²) in [6.07, 6.45) is 2.23. The Bertz CT molecular complexity index is 1550. The molecule has 0 saturated carbocycles. The number of hydrogen-bond donors (Lipinski definition) is 2. The molecule has 5 rings (SSSR count). The molecule has 0 saturated heterocycles. The Morgan fingerprint density at radius 3 is 2.45 bits per heavy atom. The number of anilines is 1. The monoisotopic (exact) mass is 439 g/mol. The van der Waals surface area contributed by atoms with Crippen LogP contribution in [-0.2, 0) is 19.5 Å². The lowest BCUT2D eigenvalue weighted by Gasteiger charge is -2.12. The fourth-order valence-corrected chi connectivity index (χ4v) is 4.02. The van der Waals surface area contributed by atoms with Crippen LogP contribution in [0.5, 0.6) is 0 Å². The zero-order valence-corrected chi connectivity index (χ0v) is 17.7. The molecule has 0 aliphatic carbocycles. The van der Waals surface area contributed by atoms with E-state index < -0.39 is 11.5 Å². The van der Waals surface area contributed by atoms with Crippen molar-refractivity contribution in [2.75, 3.05) is 5.73 Å². The molecule has 3 N–H and O–H groups in total. The molecule has 0 bridgehead atoms. The number of rotatable bonds is 6. The van der Waals surface area contributed by atoms with Crippen molar-refractivity contribution < 1.29 is 9.90 Å². The van der Waals surface area contributed by atoms with Crippen molar-refractivity contribution in [3.05, 3.63) is 100 Å². The number of nitrogens with two attached hydrogens (primary N) is 1. The fraction of sp³-hybridized carbons (Fsp3) is 0.120. The quantitative estimate of drug-likeness (QED) is 0.419. The molecule has 2 heterocycles. The number of aryl methyl sites for hydroxylation is 2. The summed E-state index contributed by atoms with van der Waals surface area (Å²) in [5, 5.41) is 11.3. The van der Waals surface area contributed by atoms with Gasteiger partial charge in [0.2, 0.25) is 5.95 Å². The summed E-state index contributed by atoms with van der Waals surface area (Å²) in [4.78, 5) is 32.2. The molecule has 0 fully saturated rings. The van der Waals surface area contributed by atoms with E-state index in [0.717, 1.165) is 21.9 Å². The summed E-state index contributed by atoms with van der Waals surface area (Å²) in [7, 11) is 0. The number of nitrogen functional groups attached to an aromatic ring is 1. The van der Waals surface area contributed by atoms with Gasteiger partial charge in [0.1, 0.15) is 0 Å². The Balaban J connectivity index is 1.45. The van der Waals surface area contributed by atoms with Crippen molar-refractivity contribution in [2.24, 2.45) is 0 Å². The topological polar surface area (TPSA) is 116 Å². The van der Waals surface area contributed by atoms with E-state index in [9.17, 15) is 9.59 Å². The van der Waals surface area contributed by atoms with Crippen LogP contribution in [0.4, 0.5) is 5.95 Å². The van der Waals surface area contributed by atoms with E-state index >= 15 is 0 Å². The largest absolute Gasteiger partial charge is 0.478 e. The Kier molecular flexibility index (Phi) is 5.10. The van der Waals surface area contributed by atoms with Crippen LogP contribution in [0.2, 0.25) is 0 Å². The van der Waals surface area contributed by atoms with Gasteiger partial charge in [-0.05, 0) is 46.5 Å². The van der Waals surface area contributed by atoms with Crippen LogP contribution in [0.25, 0.3) is 21.9 Å². The van der Waals surface area contributed by atoms with Crippen LogP contribution < -0.4 is 11.3 Å². The molecule has 3 aromatic carbocycles. The van der Waals surface area contributed by atoms with Gasteiger partial charge in [-0.25, -0.2) is 9.78 Å². The number of carboxylic acid groups (broad SMARTS) is 1. The first-order valence-electron chi connectivity index (χ1n) is 10.5. The zero-order chi connectivity index (χ0) is 22.9. The Hall–Kier alpha value is -4.46. The number of nitrogens with zero attached hydrogens (tertiary/aromatic N) is 4. The average molecular weight is 439 g/mol. The summed E-state index contributed by atoms with van der Waals surface area (Å²) in [6, 6.07) is 21.0. The molecular formula is C25H21N5O3. The van der Waals surface area contributed by atoms with Gasteiger partial charge in [-0.15, -0.1) is 0 Å². The van der Waals surface area contributed by atoms with Gasteiger partial charge >= 0.3 is 11.5 Å². The number of imidazole rings is 1. The molecule has 0 atom stereocenters. The Morgan fingerprint density at radius 2 is 1.70 bits per heavy atom. The lowest BCUT2D eigenvalue weighted by Crippen LogP contribution is -2.20. The van der Waals surface area contributed by atoms with Gasteiger partial charge < -0.3 is 15.4 Å². The molecule has 33 heavy (non-hydrogen) atoms. The summed E-state index contributed by atoms with van der Waals surface area (Å²) in [5.41, 5.74) is 8.81. The molecule has 0 amide bonds. The highest BCUT2D eigenvalue weighted by Crippen LogP contribution is 2.19. The highest BCUT2D eigenvalue weighted by Gasteiger charge is 2.15. The molecule has 0 radical (unpaired) electrons. The second kappa shape index (κ2) is 8.23. The van der Waals surface area contributed by atoms with Crippen LogP contribution in [0.1, 0.15) is 21.5 Å². The maximum Gasteiger partial charge on any atom is 0.335 e. The average Bonchev–Trinajstić information content (AvgIpc) is 3.25. The summed E-state index contributed by atoms with van der Waals surface area (Å²) in [6.45, 7) is 0.938. The summed E-state index contributed by atoms with van der Waals surface area (Å²) in [5.74, 6) is -0.840. The number of carbonyl (C=O) groups is 1. The van der Waals surface area contributed by atoms with Gasteiger partial charge in [-0.3, -0.25) is 9.36 Å². The number of fused-ring (bicyclic) bond motifs is 2. The van der Waals surface area contributed by atoms with Crippen molar-refractivity contribution in [1.82, 2.24) is 19.1 Å². The third kappa shape index (κ3) is 3.94. The number of aromatic carboxylic acids is 1. The van der Waals surface area contributed by atoms with Crippen LogP contribution in [-0.4, -0.2) is 30.2 Å². The van der Waals surface area contributed by atoms with Crippen molar-refractivity contribution in [2.45, 2.75) is 19.5 Å². The third-order valence-corrected chi connectivity index (χ3v) is 5.77. The maximum atomic E-state index is 12.7. The summed E-state index contributed by atoms with van der Waals surface area (Å²) < 4.78 is 3.52. The van der Waals surface area contributed by atoms with Crippen LogP contribution in [0.15, 0.2) is 77.9 Å². The Morgan fingerprint density at radius 1 is 0.970 bits per heavy atom. The molecule has 8 heteroatoms. The van der Waals surface area contributed by atoms with Crippen LogP contribution in [0.3, 0.4) is 0 Å². The molecule has 2 aromatic heterocycles. The van der Waals surface area contributed by atoms with Crippen molar-refractivity contribution >= 4 is 33.9 Å². The summed E-state index contributed by atoms with van der Waals surface area (Å²) >= 11 is 0. The van der Waals surface area contributed by atoms with Gasteiger partial charge in [0, 0.05) is 6.54 Å². The first kappa shape index (κ1) is 20.4. The molecule has 0 spiro atoms. The van der Waals surface area contributed by atoms with E-state index in [0.29, 0.717) is 30.7 Å². The van der Waals surface area contributed by atoms with Gasteiger partial charge in [0.15, 0.2) is 11.2 Å². The lowest BCUT2D eigenvalue weighted by atomic mass is 10.1. The Labute approximate surface area is 188 Å². The molecule has 164 valence electrons. The minimum Gasteiger partial charge on any atom is -0.478 e. The highest BCUT2D eigenvalue weighted by molar-refractivity contribution is 5.87. The zero-order valence-electron chi connectivity index (χ0n) is 17.7. The van der Waals surface area contributed by atoms with E-state index in [-0.39, 0.29) is 11.5 Å². The van der Waals surface area contributed by atoms with E-state index in [1.54, 1.807) is 39.7 Å². The van der Waals surface area contributed by atoms with Gasteiger partial charge in [0.25, 0.3) is 0 Å². The van der Waals surface area contributed by atoms with Crippen molar-refractivity contribution in [3.63, 3.8) is 0 Å². The maximum absolute atomic E-state index is 12.7. The minimum absolute atomic E-state index is 0.121. The predicted octanol–water partition coefficient (Wildman–Crippen LogP) is 3.32. The second-order valence-electron chi connectivity index (χ2n) is 7.91. The highest BCUT2D eigenvalue weighted by atomic mass is 16.4. The molecular weight excluding hydrogens is 418 g/mol. The SMILES string of the molecule is Nc1nc(=O)c2c(ncn2CCc2ccc(C(=O)O)cc2)n1Cc1ccc2ccccc2c1. The van der Waals surface area contributed by atoms with Crippen LogP contribution >= 0.6 is 0 Å². The smallest absolute Gasteiger partial charge is 0.335 e. The standard InChI is InChI=1S/C25H21N5O3/c26-25-28-23(31)21-22(30(25)14-17-7-8-18-3-1-2-4-20(18)13-17)27-15-29(21)12-11-16-5-9-19(10-6-16)24(32)33/h1-10,13,15H,11-12,14H2,(H,32,33)(H2,26,28,31). The molecule has 0 aliphatic rings. The first-order chi connectivity index (χ1) is 16.0. The van der Waals surface area contributed by atoms with E-state index in [1.165, 1.54) is 0 Å². The third-order valence-electron chi connectivity index (χ3n) is 5.77. The van der Waals surface area contributed by atoms with Crippen LogP contribution in [0, 0.1) is 0 Å². The number of carboxylic acids is 1. The molecule has 0 aliphatic heterocycles. The first-order valence-corrected chi connectivity index (χ1v) is 10.5. The van der Waals surface area contributed by atoms with E-state index in [2.05, 4.69) is 34.2 Å². The fourth-order valence-electron chi connectivity index (χ4n) is 4.02. The van der Waals surface area contributed by atoms with E-state index in [1.807, 2.05) is 18.2 Å². The lowest BCUT2D eigenvalue weighted by molar-refractivity contribution is 0.0697. The molecule has 5 aromatic rings. The predicted molar refractivity (Wildman–Crippen MR) is 126 cm³/mol. The van der Waals surface area contributed by atoms with Gasteiger partial charge in [0.05, 0.1) is 18.4 Å². The second-order valence-corrected chi connectivity index (χ2v) is 7.91. The number of benzene rings is 3. The molecule has 0 unspecified atom stereocenters. The number of aromatic nitrogens is 4. The van der Waals surface area contributed by atoms with Gasteiger partial charge in [-0.2, -0.15) is 4.98 Å². The van der Waals surface area contributed by atoms with E-state index in [4.69, 9.17) is 10.8 Å². The van der Waals surface area contributed by atoms with Gasteiger partial charge in [-0.1, -0.05) is 48.5 Å². The minimum atomic E-state index is -0.960. The van der Waals surface area contributed by atoms with Crippen molar-refractivity contribution in [3.8, 4) is 0 Å².